The number of carbonyl (C=O) groups excluding carboxylic acids is 1. The smallest absolute Gasteiger partial charge is 0.238 e. The molecule has 1 aromatic carbocycles. The minimum atomic E-state index is -0.340. The number of rotatable bonds is 5. The van der Waals surface area contributed by atoms with Crippen molar-refractivity contribution in [3.8, 4) is 0 Å². The quantitative estimate of drug-likeness (QED) is 0.774. The number of halogens is 2. The summed E-state index contributed by atoms with van der Waals surface area (Å²) in [5.41, 5.74) is 0. The average molecular weight is 358 g/mol. The molecule has 1 aromatic heterocycles. The Morgan fingerprint density at radius 1 is 1.23 bits per heavy atom. The van der Waals surface area contributed by atoms with Crippen LogP contribution >= 0.6 is 35.0 Å². The molecule has 0 saturated heterocycles. The summed E-state index contributed by atoms with van der Waals surface area (Å²) in [6.45, 7) is 5.82. The number of thioether (sulfide) groups is 1. The number of anilines is 1. The molecule has 1 atom stereocenters. The standard InChI is InChI=1S/C15H17Cl2N3OS/c1-9(2)20-13(7-8-18-20)19-15(21)10(3)22-14-11(16)5-4-6-12(14)17/h4-10H,1-3H3,(H,19,21). The SMILES string of the molecule is CC(Sc1c(Cl)cccc1Cl)C(=O)Nc1ccnn1C(C)C. The summed E-state index contributed by atoms with van der Waals surface area (Å²) in [5.74, 6) is 0.557. The molecule has 0 aliphatic heterocycles. The Morgan fingerprint density at radius 2 is 1.86 bits per heavy atom. The van der Waals surface area contributed by atoms with Crippen LogP contribution in [0.1, 0.15) is 26.8 Å². The van der Waals surface area contributed by atoms with E-state index in [0.29, 0.717) is 20.8 Å². The number of nitrogens with zero attached hydrogens (tertiary/aromatic N) is 2. The number of hydrogen-bond donors (Lipinski definition) is 1. The van der Waals surface area contributed by atoms with E-state index in [9.17, 15) is 4.79 Å². The molecule has 1 amide bonds. The minimum Gasteiger partial charge on any atom is -0.310 e. The van der Waals surface area contributed by atoms with Crippen LogP contribution in [0.15, 0.2) is 35.4 Å². The van der Waals surface area contributed by atoms with Crippen molar-refractivity contribution in [2.45, 2.75) is 37.0 Å². The lowest BCUT2D eigenvalue weighted by molar-refractivity contribution is -0.115. The molecule has 2 rings (SSSR count). The molecule has 0 aliphatic rings. The van der Waals surface area contributed by atoms with Gasteiger partial charge in [-0.25, -0.2) is 4.68 Å². The first-order valence-corrected chi connectivity index (χ1v) is 8.48. The zero-order valence-corrected chi connectivity index (χ0v) is 14.8. The Hall–Kier alpha value is -1.17. The maximum atomic E-state index is 12.4. The molecule has 1 unspecified atom stereocenters. The fourth-order valence-corrected chi connectivity index (χ4v) is 3.42. The summed E-state index contributed by atoms with van der Waals surface area (Å²) in [7, 11) is 0. The molecule has 2 aromatic rings. The van der Waals surface area contributed by atoms with Gasteiger partial charge in [-0.05, 0) is 32.9 Å². The third-order valence-electron chi connectivity index (χ3n) is 2.99. The molecule has 1 N–H and O–H groups in total. The summed E-state index contributed by atoms with van der Waals surface area (Å²) >= 11 is 13.6. The van der Waals surface area contributed by atoms with Crippen LogP contribution in [0.2, 0.25) is 10.0 Å². The Kier molecular flexibility index (Phi) is 5.78. The number of carbonyl (C=O) groups is 1. The van der Waals surface area contributed by atoms with Crippen molar-refractivity contribution >= 4 is 46.7 Å². The van der Waals surface area contributed by atoms with E-state index in [1.165, 1.54) is 11.8 Å². The van der Waals surface area contributed by atoms with E-state index in [-0.39, 0.29) is 17.2 Å². The van der Waals surface area contributed by atoms with E-state index in [1.54, 1.807) is 35.1 Å². The molecule has 0 radical (unpaired) electrons. The van der Waals surface area contributed by atoms with Gasteiger partial charge < -0.3 is 5.32 Å². The third kappa shape index (κ3) is 3.97. The maximum absolute atomic E-state index is 12.4. The van der Waals surface area contributed by atoms with Crippen molar-refractivity contribution in [2.75, 3.05) is 5.32 Å². The zero-order valence-electron chi connectivity index (χ0n) is 12.5. The summed E-state index contributed by atoms with van der Waals surface area (Å²) in [6, 6.07) is 7.24. The van der Waals surface area contributed by atoms with E-state index in [1.807, 2.05) is 20.8 Å². The van der Waals surface area contributed by atoms with E-state index in [4.69, 9.17) is 23.2 Å². The van der Waals surface area contributed by atoms with Crippen LogP contribution in [0, 0.1) is 0 Å². The van der Waals surface area contributed by atoms with Crippen LogP contribution in [0.3, 0.4) is 0 Å². The summed E-state index contributed by atoms with van der Waals surface area (Å²) in [5, 5.41) is 7.83. The van der Waals surface area contributed by atoms with E-state index >= 15 is 0 Å². The van der Waals surface area contributed by atoms with Crippen molar-refractivity contribution in [1.82, 2.24) is 9.78 Å². The van der Waals surface area contributed by atoms with E-state index in [2.05, 4.69) is 10.4 Å². The number of hydrogen-bond acceptors (Lipinski definition) is 3. The predicted octanol–water partition coefficient (Wildman–Crippen LogP) is 4.89. The van der Waals surface area contributed by atoms with Gasteiger partial charge in [0.1, 0.15) is 5.82 Å². The van der Waals surface area contributed by atoms with E-state index in [0.717, 1.165) is 0 Å². The normalized spacial score (nSPS) is 12.5. The van der Waals surface area contributed by atoms with Gasteiger partial charge in [-0.1, -0.05) is 29.3 Å². The highest BCUT2D eigenvalue weighted by molar-refractivity contribution is 8.00. The minimum absolute atomic E-state index is 0.122. The molecule has 7 heteroatoms. The first-order chi connectivity index (χ1) is 10.4. The molecule has 0 fully saturated rings. The van der Waals surface area contributed by atoms with Gasteiger partial charge in [0.25, 0.3) is 0 Å². The average Bonchev–Trinajstić information content (AvgIpc) is 2.91. The van der Waals surface area contributed by atoms with Crippen molar-refractivity contribution in [3.05, 3.63) is 40.5 Å². The summed E-state index contributed by atoms with van der Waals surface area (Å²) in [6.07, 6.45) is 1.67. The van der Waals surface area contributed by atoms with Gasteiger partial charge >= 0.3 is 0 Å². The molecule has 0 spiro atoms. The Labute approximate surface area is 144 Å². The van der Waals surface area contributed by atoms with Gasteiger partial charge in [-0.2, -0.15) is 5.10 Å². The molecule has 0 saturated carbocycles. The second-order valence-electron chi connectivity index (χ2n) is 5.05. The third-order valence-corrected chi connectivity index (χ3v) is 5.09. The lowest BCUT2D eigenvalue weighted by Crippen LogP contribution is -2.24. The Bertz CT molecular complexity index is 652. The number of nitrogens with one attached hydrogen (secondary N) is 1. The highest BCUT2D eigenvalue weighted by Crippen LogP contribution is 2.36. The van der Waals surface area contributed by atoms with E-state index < -0.39 is 0 Å². The molecule has 1 heterocycles. The molecule has 118 valence electrons. The summed E-state index contributed by atoms with van der Waals surface area (Å²) < 4.78 is 1.76. The van der Waals surface area contributed by atoms with Gasteiger partial charge in [0.05, 0.1) is 21.5 Å². The van der Waals surface area contributed by atoms with Crippen molar-refractivity contribution in [1.29, 1.82) is 0 Å². The number of benzene rings is 1. The van der Waals surface area contributed by atoms with Crippen LogP contribution in [0.25, 0.3) is 0 Å². The lowest BCUT2D eigenvalue weighted by atomic mass is 10.4. The molecular weight excluding hydrogens is 341 g/mol. The molecular formula is C15H17Cl2N3OS. The molecule has 0 aliphatic carbocycles. The summed E-state index contributed by atoms with van der Waals surface area (Å²) in [4.78, 5) is 13.1. The van der Waals surface area contributed by atoms with Gasteiger partial charge in [0.15, 0.2) is 0 Å². The maximum Gasteiger partial charge on any atom is 0.238 e. The highest BCUT2D eigenvalue weighted by atomic mass is 35.5. The van der Waals surface area contributed by atoms with Gasteiger partial charge in [-0.3, -0.25) is 4.79 Å². The Morgan fingerprint density at radius 3 is 2.45 bits per heavy atom. The van der Waals surface area contributed by atoms with Crippen molar-refractivity contribution in [2.24, 2.45) is 0 Å². The topological polar surface area (TPSA) is 46.9 Å². The van der Waals surface area contributed by atoms with Gasteiger partial charge in [-0.15, -0.1) is 11.8 Å². The van der Waals surface area contributed by atoms with Crippen molar-refractivity contribution < 1.29 is 4.79 Å². The lowest BCUT2D eigenvalue weighted by Gasteiger charge is -2.16. The zero-order chi connectivity index (χ0) is 16.3. The fourth-order valence-electron chi connectivity index (χ4n) is 1.88. The van der Waals surface area contributed by atoms with Crippen LogP contribution < -0.4 is 5.32 Å². The van der Waals surface area contributed by atoms with Gasteiger partial charge in [0.2, 0.25) is 5.91 Å². The first-order valence-electron chi connectivity index (χ1n) is 6.85. The van der Waals surface area contributed by atoms with Crippen molar-refractivity contribution in [3.63, 3.8) is 0 Å². The second kappa shape index (κ2) is 7.40. The van der Waals surface area contributed by atoms with Crippen LogP contribution in [0.5, 0.6) is 0 Å². The predicted molar refractivity (Wildman–Crippen MR) is 93.0 cm³/mol. The molecule has 0 bridgehead atoms. The number of aromatic nitrogens is 2. The monoisotopic (exact) mass is 357 g/mol. The van der Waals surface area contributed by atoms with Gasteiger partial charge in [0, 0.05) is 17.0 Å². The Balaban J connectivity index is 2.08. The number of amides is 1. The van der Waals surface area contributed by atoms with Crippen LogP contribution in [-0.2, 0) is 4.79 Å². The second-order valence-corrected chi connectivity index (χ2v) is 7.22. The largest absolute Gasteiger partial charge is 0.310 e. The van der Waals surface area contributed by atoms with Crippen LogP contribution in [0.4, 0.5) is 5.82 Å². The molecule has 22 heavy (non-hydrogen) atoms. The fraction of sp³-hybridized carbons (Fsp3) is 0.333. The van der Waals surface area contributed by atoms with Crippen LogP contribution in [-0.4, -0.2) is 20.9 Å². The highest BCUT2D eigenvalue weighted by Gasteiger charge is 2.19. The molecule has 4 nitrogen and oxygen atoms in total. The first kappa shape index (κ1) is 17.2.